The fourth-order valence-corrected chi connectivity index (χ4v) is 0.505. The van der Waals surface area contributed by atoms with Crippen LogP contribution in [-0.4, -0.2) is 18.8 Å². The van der Waals surface area contributed by atoms with E-state index in [0.29, 0.717) is 12.5 Å². The van der Waals surface area contributed by atoms with E-state index >= 15 is 0 Å². The van der Waals surface area contributed by atoms with Crippen LogP contribution in [0.3, 0.4) is 0 Å². The highest BCUT2D eigenvalue weighted by Crippen LogP contribution is 1.91. The molecule has 0 saturated carbocycles. The predicted molar refractivity (Wildman–Crippen MR) is 45.5 cm³/mol. The molecule has 0 aromatic heterocycles. The van der Waals surface area contributed by atoms with Gasteiger partial charge in [-0.1, -0.05) is 13.8 Å². The second-order valence-corrected chi connectivity index (χ2v) is 3.26. The lowest BCUT2D eigenvalue weighted by Gasteiger charge is -2.10. The predicted octanol–water partition coefficient (Wildman–Crippen LogP) is 1.71. The van der Waals surface area contributed by atoms with Crippen molar-refractivity contribution in [3.05, 3.63) is 0 Å². The first kappa shape index (κ1) is 11.2. The number of hydrogen-bond donors (Lipinski definition) is 1. The molecule has 0 rings (SSSR count). The summed E-state index contributed by atoms with van der Waals surface area (Å²) in [4.78, 5) is 15.6. The minimum atomic E-state index is -0.536. The smallest absolute Gasteiger partial charge is 0.431 e. The second-order valence-electron chi connectivity index (χ2n) is 3.26. The van der Waals surface area contributed by atoms with Gasteiger partial charge >= 0.3 is 6.09 Å². The molecule has 0 fully saturated rings. The largest absolute Gasteiger partial charge is 0.445 e. The number of hydroxylamine groups is 1. The van der Waals surface area contributed by atoms with Crippen molar-refractivity contribution in [3.8, 4) is 0 Å². The SMILES string of the molecule is CC(C)CONC(=O)OC(C)C. The number of nitrogens with one attached hydrogen (secondary N) is 1. The highest BCUT2D eigenvalue weighted by atomic mass is 16.7. The minimum Gasteiger partial charge on any atom is -0.445 e. The summed E-state index contributed by atoms with van der Waals surface area (Å²) in [5, 5.41) is 0. The van der Waals surface area contributed by atoms with Gasteiger partial charge in [0.2, 0.25) is 0 Å². The van der Waals surface area contributed by atoms with Crippen molar-refractivity contribution >= 4 is 6.09 Å². The Morgan fingerprint density at radius 1 is 1.33 bits per heavy atom. The Morgan fingerprint density at radius 3 is 2.33 bits per heavy atom. The molecule has 72 valence electrons. The number of carbonyl (C=O) groups excluding carboxylic acids is 1. The van der Waals surface area contributed by atoms with Gasteiger partial charge in [0.25, 0.3) is 0 Å². The monoisotopic (exact) mass is 175 g/mol. The first-order valence-corrected chi connectivity index (χ1v) is 4.10. The van der Waals surface area contributed by atoms with Crippen LogP contribution in [-0.2, 0) is 9.57 Å². The summed E-state index contributed by atoms with van der Waals surface area (Å²) in [6.07, 6.45) is -0.654. The van der Waals surface area contributed by atoms with E-state index in [9.17, 15) is 4.79 Å². The lowest BCUT2D eigenvalue weighted by Crippen LogP contribution is -2.28. The van der Waals surface area contributed by atoms with Crippen LogP contribution in [0.25, 0.3) is 0 Å². The standard InChI is InChI=1S/C8H17NO3/c1-6(2)5-11-9-8(10)12-7(3)4/h6-7H,5H2,1-4H3,(H,9,10). The van der Waals surface area contributed by atoms with Crippen LogP contribution >= 0.6 is 0 Å². The molecular weight excluding hydrogens is 158 g/mol. The average Bonchev–Trinajstić information content (AvgIpc) is 1.84. The Balaban J connectivity index is 3.32. The lowest BCUT2D eigenvalue weighted by molar-refractivity contribution is 0.00733. The van der Waals surface area contributed by atoms with Crippen LogP contribution in [0, 0.1) is 5.92 Å². The zero-order chi connectivity index (χ0) is 9.56. The van der Waals surface area contributed by atoms with Crippen molar-refractivity contribution in [1.82, 2.24) is 5.48 Å². The van der Waals surface area contributed by atoms with Gasteiger partial charge in [-0.25, -0.2) is 4.79 Å². The third-order valence-electron chi connectivity index (χ3n) is 0.915. The maximum Gasteiger partial charge on any atom is 0.431 e. The molecule has 0 spiro atoms. The van der Waals surface area contributed by atoms with E-state index in [0.717, 1.165) is 0 Å². The molecule has 1 N–H and O–H groups in total. The zero-order valence-electron chi connectivity index (χ0n) is 8.09. The zero-order valence-corrected chi connectivity index (χ0v) is 8.09. The van der Waals surface area contributed by atoms with E-state index in [1.165, 1.54) is 0 Å². The molecule has 0 bridgehead atoms. The van der Waals surface area contributed by atoms with Gasteiger partial charge in [0.1, 0.15) is 0 Å². The molecule has 0 unspecified atom stereocenters. The molecule has 0 saturated heterocycles. The number of rotatable bonds is 4. The van der Waals surface area contributed by atoms with Gasteiger partial charge < -0.3 is 4.74 Å². The first-order chi connectivity index (χ1) is 5.52. The topological polar surface area (TPSA) is 47.6 Å². The van der Waals surface area contributed by atoms with Crippen molar-refractivity contribution in [1.29, 1.82) is 0 Å². The first-order valence-electron chi connectivity index (χ1n) is 4.10. The van der Waals surface area contributed by atoms with E-state index < -0.39 is 6.09 Å². The highest BCUT2D eigenvalue weighted by molar-refractivity contribution is 5.65. The lowest BCUT2D eigenvalue weighted by atomic mass is 10.2. The molecule has 0 aliphatic carbocycles. The molecule has 0 heterocycles. The minimum absolute atomic E-state index is 0.118. The molecule has 12 heavy (non-hydrogen) atoms. The molecule has 0 aliphatic rings. The van der Waals surface area contributed by atoms with Crippen molar-refractivity contribution < 1.29 is 14.4 Å². The summed E-state index contributed by atoms with van der Waals surface area (Å²) in [5.74, 6) is 0.393. The van der Waals surface area contributed by atoms with Gasteiger partial charge in [-0.3, -0.25) is 4.84 Å². The van der Waals surface area contributed by atoms with E-state index in [1.807, 2.05) is 13.8 Å². The number of carbonyl (C=O) groups is 1. The summed E-state index contributed by atoms with van der Waals surface area (Å²) in [5.41, 5.74) is 2.18. The van der Waals surface area contributed by atoms with Crippen LogP contribution < -0.4 is 5.48 Å². The van der Waals surface area contributed by atoms with E-state index in [1.54, 1.807) is 13.8 Å². The van der Waals surface area contributed by atoms with E-state index in [2.05, 4.69) is 5.48 Å². The Kier molecular flexibility index (Phi) is 5.45. The Hall–Kier alpha value is -0.770. The van der Waals surface area contributed by atoms with E-state index in [4.69, 9.17) is 9.57 Å². The molecule has 0 atom stereocenters. The fraction of sp³-hybridized carbons (Fsp3) is 0.875. The summed E-state index contributed by atoms with van der Waals surface area (Å²) < 4.78 is 4.76. The highest BCUT2D eigenvalue weighted by Gasteiger charge is 2.04. The molecule has 0 aliphatic heterocycles. The van der Waals surface area contributed by atoms with Crippen molar-refractivity contribution in [2.45, 2.75) is 33.8 Å². The van der Waals surface area contributed by atoms with Crippen molar-refractivity contribution in [3.63, 3.8) is 0 Å². The number of amides is 1. The summed E-state index contributed by atoms with van der Waals surface area (Å²) in [7, 11) is 0. The number of hydrogen-bond acceptors (Lipinski definition) is 3. The summed E-state index contributed by atoms with van der Waals surface area (Å²) in [6, 6.07) is 0. The molecule has 4 nitrogen and oxygen atoms in total. The second kappa shape index (κ2) is 5.83. The Labute approximate surface area is 73.2 Å². The van der Waals surface area contributed by atoms with Crippen LogP contribution in [0.5, 0.6) is 0 Å². The van der Waals surface area contributed by atoms with Crippen LogP contribution in [0.2, 0.25) is 0 Å². The number of ether oxygens (including phenoxy) is 1. The molecule has 0 aromatic rings. The third kappa shape index (κ3) is 7.34. The molecule has 0 radical (unpaired) electrons. The Bertz CT molecular complexity index is 134. The van der Waals surface area contributed by atoms with Crippen molar-refractivity contribution in [2.24, 2.45) is 5.92 Å². The quantitative estimate of drug-likeness (QED) is 0.661. The van der Waals surface area contributed by atoms with E-state index in [-0.39, 0.29) is 6.10 Å². The molecular formula is C8H17NO3. The summed E-state index contributed by atoms with van der Waals surface area (Å²) >= 11 is 0. The van der Waals surface area contributed by atoms with Crippen LogP contribution in [0.4, 0.5) is 4.79 Å². The van der Waals surface area contributed by atoms with Gasteiger partial charge in [-0.05, 0) is 19.8 Å². The normalized spacial score (nSPS) is 10.5. The third-order valence-corrected chi connectivity index (χ3v) is 0.915. The van der Waals surface area contributed by atoms with Crippen molar-refractivity contribution in [2.75, 3.05) is 6.61 Å². The average molecular weight is 175 g/mol. The fourth-order valence-electron chi connectivity index (χ4n) is 0.505. The van der Waals surface area contributed by atoms with Gasteiger partial charge in [-0.15, -0.1) is 0 Å². The van der Waals surface area contributed by atoms with Gasteiger partial charge in [0.05, 0.1) is 12.7 Å². The van der Waals surface area contributed by atoms with Crippen LogP contribution in [0.15, 0.2) is 0 Å². The van der Waals surface area contributed by atoms with Gasteiger partial charge in [-0.2, -0.15) is 5.48 Å². The Morgan fingerprint density at radius 2 is 1.92 bits per heavy atom. The molecule has 4 heteroatoms. The summed E-state index contributed by atoms with van der Waals surface area (Å²) in [6.45, 7) is 8.04. The maximum absolute atomic E-state index is 10.8. The molecule has 0 aromatic carbocycles. The van der Waals surface area contributed by atoms with Gasteiger partial charge in [0, 0.05) is 0 Å². The van der Waals surface area contributed by atoms with Crippen LogP contribution in [0.1, 0.15) is 27.7 Å². The maximum atomic E-state index is 10.8. The van der Waals surface area contributed by atoms with Gasteiger partial charge in [0.15, 0.2) is 0 Å². The molecule has 1 amide bonds.